The van der Waals surface area contributed by atoms with Gasteiger partial charge in [-0.3, -0.25) is 0 Å². The van der Waals surface area contributed by atoms with Crippen LogP contribution >= 0.6 is 0 Å². The summed E-state index contributed by atoms with van der Waals surface area (Å²) in [6.07, 6.45) is 3.50. The van der Waals surface area contributed by atoms with Crippen LogP contribution in [0.2, 0.25) is 0 Å². The number of anilines is 4. The largest absolute Gasteiger partial charge is 0.657 e. The van der Waals surface area contributed by atoms with Crippen molar-refractivity contribution in [1.82, 2.24) is 15.0 Å². The second kappa shape index (κ2) is 12.0. The molecule has 0 atom stereocenters. The van der Waals surface area contributed by atoms with Gasteiger partial charge in [0.05, 0.1) is 0 Å². The molecule has 0 spiro atoms. The number of nitrogens with zero attached hydrogens (tertiary/aromatic N) is 5. The third kappa shape index (κ3) is 6.25. The van der Waals surface area contributed by atoms with Crippen molar-refractivity contribution >= 4 is 44.8 Å². The minimum atomic E-state index is 0. The van der Waals surface area contributed by atoms with Crippen molar-refractivity contribution in [3.05, 3.63) is 127 Å². The van der Waals surface area contributed by atoms with E-state index in [-0.39, 0.29) is 33.2 Å². The summed E-state index contributed by atoms with van der Waals surface area (Å²) >= 11 is 0. The maximum Gasteiger partial charge on any atom is 0.145 e. The van der Waals surface area contributed by atoms with Crippen LogP contribution in [0.5, 0.6) is 0 Å². The van der Waals surface area contributed by atoms with E-state index >= 15 is 0 Å². The molecule has 0 amide bonds. The first-order chi connectivity index (χ1) is 20.1. The monoisotopic (exact) mass is 748 g/mol. The van der Waals surface area contributed by atoms with Crippen molar-refractivity contribution < 1.29 is 22.4 Å². The van der Waals surface area contributed by atoms with Gasteiger partial charge in [0.2, 0.25) is 0 Å². The van der Waals surface area contributed by atoms with Gasteiger partial charge in [0, 0.05) is 46.1 Å². The SMILES string of the molecule is CC(C)(C)c1cccc(N2[CH-]N(c3cccc(C(C)(C)C)c3)c3nccnc32)c1.[Au].c1ccc2c(c1)[n-]c1ccccc12. The molecule has 0 saturated carbocycles. The van der Waals surface area contributed by atoms with Crippen molar-refractivity contribution in [2.24, 2.45) is 0 Å². The number of hydrogen-bond acceptors (Lipinski definition) is 4. The summed E-state index contributed by atoms with van der Waals surface area (Å²) < 4.78 is 0. The summed E-state index contributed by atoms with van der Waals surface area (Å²) in [6, 6.07) is 33.8. The van der Waals surface area contributed by atoms with E-state index in [1.807, 2.05) is 12.1 Å². The average molecular weight is 749 g/mol. The number of fused-ring (bicyclic) bond motifs is 4. The maximum atomic E-state index is 4.65. The van der Waals surface area contributed by atoms with Gasteiger partial charge in [0.15, 0.2) is 0 Å². The molecule has 2 aromatic heterocycles. The van der Waals surface area contributed by atoms with Gasteiger partial charge in [0.1, 0.15) is 11.6 Å². The predicted octanol–water partition coefficient (Wildman–Crippen LogP) is 9.43. The second-order valence-corrected chi connectivity index (χ2v) is 12.8. The molecule has 7 rings (SSSR count). The molecule has 0 aliphatic carbocycles. The Morgan fingerprint density at radius 2 is 0.977 bits per heavy atom. The van der Waals surface area contributed by atoms with Gasteiger partial charge in [-0.15, -0.1) is 17.7 Å². The van der Waals surface area contributed by atoms with Gasteiger partial charge in [-0.1, -0.05) is 114 Å². The molecular formula is C37H37AuN5-2. The predicted molar refractivity (Wildman–Crippen MR) is 176 cm³/mol. The number of benzene rings is 4. The second-order valence-electron chi connectivity index (χ2n) is 12.8. The smallest absolute Gasteiger partial charge is 0.145 e. The molecule has 5 nitrogen and oxygen atoms in total. The Labute approximate surface area is 270 Å². The van der Waals surface area contributed by atoms with Gasteiger partial charge < -0.3 is 14.8 Å². The molecule has 1 radical (unpaired) electrons. The Morgan fingerprint density at radius 1 is 0.558 bits per heavy atom. The number of rotatable bonds is 2. The van der Waals surface area contributed by atoms with E-state index in [1.165, 1.54) is 21.9 Å². The zero-order chi connectivity index (χ0) is 29.5. The van der Waals surface area contributed by atoms with Crippen LogP contribution in [0.25, 0.3) is 21.8 Å². The molecule has 0 unspecified atom stereocenters. The summed E-state index contributed by atoms with van der Waals surface area (Å²) in [6.45, 7) is 15.5. The van der Waals surface area contributed by atoms with Crippen LogP contribution in [-0.4, -0.2) is 9.97 Å². The van der Waals surface area contributed by atoms with E-state index in [1.54, 1.807) is 12.4 Å². The molecule has 0 fully saturated rings. The quantitative estimate of drug-likeness (QED) is 0.131. The van der Waals surface area contributed by atoms with Gasteiger partial charge in [-0.05, 0) is 57.0 Å². The van der Waals surface area contributed by atoms with Crippen molar-refractivity contribution in [2.75, 3.05) is 9.80 Å². The molecule has 6 heteroatoms. The van der Waals surface area contributed by atoms with Crippen LogP contribution in [0, 0.1) is 6.67 Å². The normalized spacial score (nSPS) is 13.0. The standard InChI is InChI=1S/C25H29N4.C12H8N.Au/c1-24(2,3)18-9-7-11-20(15-18)28-17-29(23-22(28)26-13-14-27-23)21-12-8-10-19(16-21)25(4,5)6;1-3-7-11-9(5-1)10-6-2-4-8-12(10)13-11;/h7-17H,1-6H3;1-8H;/q2*-1;. The van der Waals surface area contributed by atoms with Crippen LogP contribution in [-0.2, 0) is 33.2 Å². The first-order valence-corrected chi connectivity index (χ1v) is 14.5. The van der Waals surface area contributed by atoms with Crippen molar-refractivity contribution in [3.63, 3.8) is 0 Å². The molecular weight excluding hydrogens is 711 g/mol. The Bertz CT molecular complexity index is 1730. The number of hydrogen-bond donors (Lipinski definition) is 0. The van der Waals surface area contributed by atoms with E-state index in [9.17, 15) is 0 Å². The Morgan fingerprint density at radius 3 is 1.40 bits per heavy atom. The fraction of sp³-hybridized carbons (Fsp3) is 0.216. The van der Waals surface area contributed by atoms with Crippen LogP contribution in [0.3, 0.4) is 0 Å². The molecule has 0 saturated heterocycles. The summed E-state index contributed by atoms with van der Waals surface area (Å²) in [5.74, 6) is 1.69. The van der Waals surface area contributed by atoms with E-state index in [0.717, 1.165) is 34.0 Å². The summed E-state index contributed by atoms with van der Waals surface area (Å²) in [7, 11) is 0. The molecule has 1 aliphatic heterocycles. The molecule has 0 N–H and O–H groups in total. The molecule has 223 valence electrons. The van der Waals surface area contributed by atoms with Crippen LogP contribution in [0.15, 0.2) is 109 Å². The number of aromatic nitrogens is 3. The first kappa shape index (κ1) is 30.6. The van der Waals surface area contributed by atoms with E-state index in [2.05, 4.69) is 158 Å². The van der Waals surface area contributed by atoms with Crippen molar-refractivity contribution in [3.8, 4) is 0 Å². The van der Waals surface area contributed by atoms with E-state index < -0.39 is 0 Å². The first-order valence-electron chi connectivity index (χ1n) is 14.5. The van der Waals surface area contributed by atoms with Crippen molar-refractivity contribution in [1.29, 1.82) is 0 Å². The minimum Gasteiger partial charge on any atom is -0.657 e. The van der Waals surface area contributed by atoms with E-state index in [4.69, 9.17) is 0 Å². The maximum absolute atomic E-state index is 4.65. The fourth-order valence-corrected chi connectivity index (χ4v) is 5.24. The summed E-state index contributed by atoms with van der Waals surface area (Å²) in [4.78, 5) is 18.1. The van der Waals surface area contributed by atoms with Gasteiger partial charge in [0.25, 0.3) is 0 Å². The van der Waals surface area contributed by atoms with Gasteiger partial charge in [-0.2, -0.15) is 0 Å². The third-order valence-corrected chi connectivity index (χ3v) is 7.67. The molecule has 6 aromatic rings. The molecule has 0 bridgehead atoms. The molecule has 1 aliphatic rings. The van der Waals surface area contributed by atoms with Gasteiger partial charge in [-0.25, -0.2) is 9.97 Å². The number of para-hydroxylation sites is 2. The fourth-order valence-electron chi connectivity index (χ4n) is 5.24. The average Bonchev–Trinajstić information content (AvgIpc) is 3.56. The Balaban J connectivity index is 0.000000218. The van der Waals surface area contributed by atoms with Crippen molar-refractivity contribution in [2.45, 2.75) is 52.4 Å². The summed E-state index contributed by atoms with van der Waals surface area (Å²) in [5, 5.41) is 2.50. The Hall–Kier alpha value is -3.90. The minimum absolute atomic E-state index is 0. The topological polar surface area (TPSA) is 46.4 Å². The van der Waals surface area contributed by atoms with Crippen LogP contribution in [0.1, 0.15) is 52.7 Å². The zero-order valence-corrected chi connectivity index (χ0v) is 27.7. The van der Waals surface area contributed by atoms with Gasteiger partial charge >= 0.3 is 0 Å². The van der Waals surface area contributed by atoms with Crippen LogP contribution in [0.4, 0.5) is 23.0 Å². The van der Waals surface area contributed by atoms with E-state index in [0.29, 0.717) is 0 Å². The molecule has 4 aromatic carbocycles. The molecule has 43 heavy (non-hydrogen) atoms. The third-order valence-electron chi connectivity index (χ3n) is 7.67. The zero-order valence-electron chi connectivity index (χ0n) is 25.5. The van der Waals surface area contributed by atoms with Crippen LogP contribution < -0.4 is 14.8 Å². The Kier molecular flexibility index (Phi) is 8.53. The molecule has 3 heterocycles. The summed E-state index contributed by atoms with van der Waals surface area (Å²) in [5.41, 5.74) is 7.11.